The fraction of sp³-hybridized carbons (Fsp3) is 0.412. The van der Waals surface area contributed by atoms with Crippen LogP contribution in [0.3, 0.4) is 0 Å². The zero-order valence-electron chi connectivity index (χ0n) is 14.0. The van der Waals surface area contributed by atoms with Crippen LogP contribution in [0.5, 0.6) is 11.5 Å². The van der Waals surface area contributed by atoms with E-state index >= 15 is 0 Å². The fourth-order valence-electron chi connectivity index (χ4n) is 2.05. The van der Waals surface area contributed by atoms with Crippen molar-refractivity contribution >= 4 is 17.9 Å². The van der Waals surface area contributed by atoms with E-state index in [9.17, 15) is 9.59 Å². The number of nitrogens with one attached hydrogen (secondary N) is 1. The van der Waals surface area contributed by atoms with E-state index < -0.39 is 11.9 Å². The maximum atomic E-state index is 12.0. The molecule has 0 aliphatic rings. The molecule has 1 aromatic carbocycles. The molecule has 0 spiro atoms. The number of carbonyl (C=O) groups is 2. The number of hydrogen-bond donors (Lipinski definition) is 2. The Morgan fingerprint density at radius 3 is 2.52 bits per heavy atom. The summed E-state index contributed by atoms with van der Waals surface area (Å²) in [5, 5.41) is 2.63. The summed E-state index contributed by atoms with van der Waals surface area (Å²) in [6.45, 7) is 3.80. The minimum absolute atomic E-state index is 0.0274. The summed E-state index contributed by atoms with van der Waals surface area (Å²) < 4.78 is 10.4. The van der Waals surface area contributed by atoms with E-state index in [4.69, 9.17) is 15.2 Å². The van der Waals surface area contributed by atoms with Gasteiger partial charge in [0.25, 0.3) is 0 Å². The van der Waals surface area contributed by atoms with Crippen LogP contribution in [0.4, 0.5) is 0 Å². The number of rotatable bonds is 8. The summed E-state index contributed by atoms with van der Waals surface area (Å²) in [5.41, 5.74) is 6.06. The molecule has 1 aromatic rings. The van der Waals surface area contributed by atoms with Gasteiger partial charge in [0, 0.05) is 17.7 Å². The first-order valence-electron chi connectivity index (χ1n) is 7.42. The lowest BCUT2D eigenvalue weighted by atomic mass is 9.98. The smallest absolute Gasteiger partial charge is 0.244 e. The van der Waals surface area contributed by atoms with Crippen LogP contribution in [-0.2, 0) is 9.59 Å². The van der Waals surface area contributed by atoms with Gasteiger partial charge in [0.1, 0.15) is 17.5 Å². The lowest BCUT2D eigenvalue weighted by Gasteiger charge is -2.20. The van der Waals surface area contributed by atoms with Crippen molar-refractivity contribution in [3.8, 4) is 11.5 Å². The SMILES string of the molecule is CCC(C)C(NC(=O)C=Cc1ccc(OC)cc1OC)C(N)=O. The van der Waals surface area contributed by atoms with Crippen molar-refractivity contribution in [2.24, 2.45) is 11.7 Å². The van der Waals surface area contributed by atoms with E-state index in [1.807, 2.05) is 13.8 Å². The molecule has 0 fully saturated rings. The predicted molar refractivity (Wildman–Crippen MR) is 89.2 cm³/mol. The van der Waals surface area contributed by atoms with E-state index in [1.54, 1.807) is 31.4 Å². The van der Waals surface area contributed by atoms with Crippen LogP contribution in [0, 0.1) is 5.92 Å². The quantitative estimate of drug-likeness (QED) is 0.714. The molecule has 23 heavy (non-hydrogen) atoms. The monoisotopic (exact) mass is 320 g/mol. The minimum atomic E-state index is -0.685. The van der Waals surface area contributed by atoms with E-state index in [1.165, 1.54) is 13.2 Å². The maximum absolute atomic E-state index is 12.0. The Hall–Kier alpha value is -2.50. The van der Waals surface area contributed by atoms with Crippen molar-refractivity contribution in [3.05, 3.63) is 29.8 Å². The van der Waals surface area contributed by atoms with Crippen molar-refractivity contribution < 1.29 is 19.1 Å². The third-order valence-corrected chi connectivity index (χ3v) is 3.67. The molecule has 6 heteroatoms. The van der Waals surface area contributed by atoms with Crippen LogP contribution in [0.15, 0.2) is 24.3 Å². The molecule has 0 saturated heterocycles. The molecule has 3 N–H and O–H groups in total. The van der Waals surface area contributed by atoms with Gasteiger partial charge in [-0.1, -0.05) is 20.3 Å². The number of methoxy groups -OCH3 is 2. The standard InChI is InChI=1S/C17H24N2O4/c1-5-11(2)16(17(18)21)19-15(20)9-7-12-6-8-13(22-3)10-14(12)23-4/h6-11,16H,5H2,1-4H3,(H2,18,21)(H,19,20). The molecule has 0 aliphatic heterocycles. The first kappa shape index (κ1) is 18.5. The highest BCUT2D eigenvalue weighted by molar-refractivity contribution is 5.95. The highest BCUT2D eigenvalue weighted by Gasteiger charge is 2.22. The molecule has 6 nitrogen and oxygen atoms in total. The number of nitrogens with two attached hydrogens (primary N) is 1. The molecule has 0 aromatic heterocycles. The molecule has 2 amide bonds. The lowest BCUT2D eigenvalue weighted by molar-refractivity contribution is -0.126. The summed E-state index contributed by atoms with van der Waals surface area (Å²) in [4.78, 5) is 23.4. The summed E-state index contributed by atoms with van der Waals surface area (Å²) in [6.07, 6.45) is 3.70. The number of ether oxygens (including phenoxy) is 2. The number of primary amides is 1. The van der Waals surface area contributed by atoms with E-state index in [0.717, 1.165) is 12.0 Å². The molecule has 0 saturated carbocycles. The van der Waals surface area contributed by atoms with Crippen molar-refractivity contribution in [2.45, 2.75) is 26.3 Å². The summed E-state index contributed by atoms with van der Waals surface area (Å²) in [5.74, 6) is 0.297. The number of hydrogen-bond acceptors (Lipinski definition) is 4. The maximum Gasteiger partial charge on any atom is 0.244 e. The topological polar surface area (TPSA) is 90.7 Å². The molecule has 0 aliphatic carbocycles. The van der Waals surface area contributed by atoms with Crippen LogP contribution >= 0.6 is 0 Å². The third kappa shape index (κ3) is 5.32. The Bertz CT molecular complexity index is 584. The molecule has 1 rings (SSSR count). The molecule has 126 valence electrons. The average Bonchev–Trinajstić information content (AvgIpc) is 2.56. The van der Waals surface area contributed by atoms with Gasteiger partial charge in [-0.05, 0) is 24.1 Å². The Balaban J connectivity index is 2.84. The van der Waals surface area contributed by atoms with Gasteiger partial charge < -0.3 is 20.5 Å². The highest BCUT2D eigenvalue weighted by Crippen LogP contribution is 2.25. The van der Waals surface area contributed by atoms with Crippen LogP contribution in [-0.4, -0.2) is 32.1 Å². The second-order valence-corrected chi connectivity index (χ2v) is 5.22. The van der Waals surface area contributed by atoms with Gasteiger partial charge in [0.05, 0.1) is 14.2 Å². The third-order valence-electron chi connectivity index (χ3n) is 3.67. The molecule has 0 heterocycles. The van der Waals surface area contributed by atoms with E-state index in [-0.39, 0.29) is 11.8 Å². The summed E-state index contributed by atoms with van der Waals surface area (Å²) in [7, 11) is 3.11. The predicted octanol–water partition coefficient (Wildman–Crippen LogP) is 1.73. The van der Waals surface area contributed by atoms with E-state index in [0.29, 0.717) is 11.5 Å². The number of benzene rings is 1. The van der Waals surface area contributed by atoms with Crippen LogP contribution in [0.25, 0.3) is 6.08 Å². The second kappa shape index (κ2) is 8.82. The van der Waals surface area contributed by atoms with Gasteiger partial charge in [0.15, 0.2) is 0 Å². The fourth-order valence-corrected chi connectivity index (χ4v) is 2.05. The summed E-state index contributed by atoms with van der Waals surface area (Å²) in [6, 6.07) is 4.59. The first-order chi connectivity index (χ1) is 10.9. The van der Waals surface area contributed by atoms with Crippen LogP contribution in [0.1, 0.15) is 25.8 Å². The van der Waals surface area contributed by atoms with Crippen molar-refractivity contribution in [1.82, 2.24) is 5.32 Å². The largest absolute Gasteiger partial charge is 0.497 e. The van der Waals surface area contributed by atoms with Gasteiger partial charge in [-0.15, -0.1) is 0 Å². The van der Waals surface area contributed by atoms with Crippen LogP contribution < -0.4 is 20.5 Å². The van der Waals surface area contributed by atoms with Crippen molar-refractivity contribution in [2.75, 3.05) is 14.2 Å². The zero-order chi connectivity index (χ0) is 17.4. The average molecular weight is 320 g/mol. The van der Waals surface area contributed by atoms with Crippen molar-refractivity contribution in [3.63, 3.8) is 0 Å². The van der Waals surface area contributed by atoms with Crippen molar-refractivity contribution in [1.29, 1.82) is 0 Å². The normalized spacial score (nSPS) is 13.4. The molecule has 2 atom stereocenters. The Labute approximate surface area is 136 Å². The van der Waals surface area contributed by atoms with Gasteiger partial charge in [-0.3, -0.25) is 9.59 Å². The Morgan fingerprint density at radius 1 is 1.30 bits per heavy atom. The first-order valence-corrected chi connectivity index (χ1v) is 7.42. The molecular formula is C17H24N2O4. The van der Waals surface area contributed by atoms with Gasteiger partial charge in [-0.2, -0.15) is 0 Å². The highest BCUT2D eigenvalue weighted by atomic mass is 16.5. The number of amides is 2. The zero-order valence-corrected chi connectivity index (χ0v) is 14.0. The van der Waals surface area contributed by atoms with Gasteiger partial charge in [-0.25, -0.2) is 0 Å². The number of carbonyl (C=O) groups excluding carboxylic acids is 2. The van der Waals surface area contributed by atoms with Crippen LogP contribution in [0.2, 0.25) is 0 Å². The minimum Gasteiger partial charge on any atom is -0.497 e. The molecule has 2 unspecified atom stereocenters. The molecule has 0 bridgehead atoms. The van der Waals surface area contributed by atoms with E-state index in [2.05, 4.69) is 5.32 Å². The molecular weight excluding hydrogens is 296 g/mol. The summed E-state index contributed by atoms with van der Waals surface area (Å²) >= 11 is 0. The Morgan fingerprint density at radius 2 is 2.00 bits per heavy atom. The lowest BCUT2D eigenvalue weighted by Crippen LogP contribution is -2.47. The van der Waals surface area contributed by atoms with Gasteiger partial charge in [0.2, 0.25) is 11.8 Å². The second-order valence-electron chi connectivity index (χ2n) is 5.22. The van der Waals surface area contributed by atoms with Gasteiger partial charge >= 0.3 is 0 Å². The molecule has 0 radical (unpaired) electrons. The Kier molecular flexibility index (Phi) is 7.12.